The summed E-state index contributed by atoms with van der Waals surface area (Å²) in [7, 11) is 0. The van der Waals surface area contributed by atoms with Gasteiger partial charge in [0.1, 0.15) is 0 Å². The molecule has 0 N–H and O–H groups in total. The van der Waals surface area contributed by atoms with Crippen molar-refractivity contribution in [1.29, 1.82) is 0 Å². The van der Waals surface area contributed by atoms with Gasteiger partial charge in [-0.3, -0.25) is 0 Å². The standard InChI is InChI=1S/C22H27NS/c1-15-11-12-17(21(2,3)4)13-16(15)14-22(5,6)20-23-18-9-7-8-10-19(18)24-20/h7-13H,14H2,1-6H3. The van der Waals surface area contributed by atoms with Crippen LogP contribution in [0.3, 0.4) is 0 Å². The first-order chi connectivity index (χ1) is 11.2. The topological polar surface area (TPSA) is 12.9 Å². The van der Waals surface area contributed by atoms with E-state index >= 15 is 0 Å². The van der Waals surface area contributed by atoms with E-state index in [1.165, 1.54) is 26.4 Å². The van der Waals surface area contributed by atoms with Crippen LogP contribution in [0, 0.1) is 6.92 Å². The lowest BCUT2D eigenvalue weighted by molar-refractivity contribution is 0.516. The summed E-state index contributed by atoms with van der Waals surface area (Å²) in [4.78, 5) is 4.90. The second-order valence-electron chi connectivity index (χ2n) is 8.44. The maximum absolute atomic E-state index is 4.90. The third-order valence-corrected chi connectivity index (χ3v) is 6.12. The van der Waals surface area contributed by atoms with E-state index in [4.69, 9.17) is 4.98 Å². The fraction of sp³-hybridized carbons (Fsp3) is 0.409. The number of rotatable bonds is 3. The molecule has 1 nitrogen and oxygen atoms in total. The van der Waals surface area contributed by atoms with Gasteiger partial charge in [-0.05, 0) is 47.6 Å². The molecule has 24 heavy (non-hydrogen) atoms. The van der Waals surface area contributed by atoms with Crippen LogP contribution in [0.4, 0.5) is 0 Å². The van der Waals surface area contributed by atoms with Crippen LogP contribution in [-0.2, 0) is 17.3 Å². The van der Waals surface area contributed by atoms with Crippen LogP contribution in [-0.4, -0.2) is 4.98 Å². The largest absolute Gasteiger partial charge is 0.241 e. The van der Waals surface area contributed by atoms with E-state index in [2.05, 4.69) is 84.0 Å². The zero-order chi connectivity index (χ0) is 17.5. The molecule has 1 aromatic heterocycles. The molecule has 0 amide bonds. The molecule has 2 aromatic carbocycles. The maximum Gasteiger partial charge on any atom is 0.0998 e. The van der Waals surface area contributed by atoms with Crippen molar-refractivity contribution in [2.75, 3.05) is 0 Å². The number of aromatic nitrogens is 1. The Morgan fingerprint density at radius 2 is 1.67 bits per heavy atom. The lowest BCUT2D eigenvalue weighted by Crippen LogP contribution is -2.21. The number of para-hydroxylation sites is 1. The second kappa shape index (κ2) is 6.00. The fourth-order valence-electron chi connectivity index (χ4n) is 3.04. The summed E-state index contributed by atoms with van der Waals surface area (Å²) in [6.07, 6.45) is 1.02. The van der Waals surface area contributed by atoms with E-state index in [1.54, 1.807) is 0 Å². The number of aryl methyl sites for hydroxylation is 1. The quantitative estimate of drug-likeness (QED) is 0.537. The van der Waals surface area contributed by atoms with E-state index in [9.17, 15) is 0 Å². The monoisotopic (exact) mass is 337 g/mol. The summed E-state index contributed by atoms with van der Waals surface area (Å²) >= 11 is 1.83. The molecule has 0 aliphatic carbocycles. The molecule has 0 saturated carbocycles. The highest BCUT2D eigenvalue weighted by atomic mass is 32.1. The van der Waals surface area contributed by atoms with Crippen molar-refractivity contribution in [2.45, 2.75) is 58.8 Å². The lowest BCUT2D eigenvalue weighted by Gasteiger charge is -2.26. The Morgan fingerprint density at radius 1 is 0.958 bits per heavy atom. The Hall–Kier alpha value is -1.67. The molecular weight excluding hydrogens is 310 g/mol. The van der Waals surface area contributed by atoms with Gasteiger partial charge in [0.15, 0.2) is 0 Å². The Bertz CT molecular complexity index is 832. The van der Waals surface area contributed by atoms with Gasteiger partial charge in [-0.25, -0.2) is 4.98 Å². The number of benzene rings is 2. The lowest BCUT2D eigenvalue weighted by atomic mass is 9.80. The van der Waals surface area contributed by atoms with Crippen molar-refractivity contribution >= 4 is 21.6 Å². The molecular formula is C22H27NS. The molecule has 1 heterocycles. The Balaban J connectivity index is 1.97. The summed E-state index contributed by atoms with van der Waals surface area (Å²) in [5.41, 5.74) is 5.55. The smallest absolute Gasteiger partial charge is 0.0998 e. The van der Waals surface area contributed by atoms with E-state index in [0.717, 1.165) is 11.9 Å². The van der Waals surface area contributed by atoms with E-state index in [1.807, 2.05) is 11.3 Å². The molecule has 0 spiro atoms. The molecule has 0 unspecified atom stereocenters. The average Bonchev–Trinajstić information content (AvgIpc) is 2.93. The molecule has 0 radical (unpaired) electrons. The molecule has 3 rings (SSSR count). The van der Waals surface area contributed by atoms with Gasteiger partial charge in [0.2, 0.25) is 0 Å². The Morgan fingerprint density at radius 3 is 2.33 bits per heavy atom. The van der Waals surface area contributed by atoms with Crippen LogP contribution in [0.25, 0.3) is 10.2 Å². The van der Waals surface area contributed by atoms with Crippen molar-refractivity contribution in [3.8, 4) is 0 Å². The molecule has 126 valence electrons. The molecule has 0 aliphatic rings. The van der Waals surface area contributed by atoms with Crippen LogP contribution in [0.5, 0.6) is 0 Å². The van der Waals surface area contributed by atoms with Crippen LogP contribution in [0.15, 0.2) is 42.5 Å². The first-order valence-corrected chi connectivity index (χ1v) is 9.44. The van der Waals surface area contributed by atoms with Gasteiger partial charge in [-0.1, -0.05) is 65.0 Å². The third-order valence-electron chi connectivity index (χ3n) is 4.72. The highest BCUT2D eigenvalue weighted by Gasteiger charge is 2.26. The van der Waals surface area contributed by atoms with Crippen LogP contribution >= 0.6 is 11.3 Å². The minimum absolute atomic E-state index is 0.0327. The SMILES string of the molecule is Cc1ccc(C(C)(C)C)cc1CC(C)(C)c1nc2ccccc2s1. The predicted octanol–water partition coefficient (Wildman–Crippen LogP) is 6.42. The molecule has 0 bridgehead atoms. The minimum Gasteiger partial charge on any atom is -0.241 e. The Labute approximate surface area is 149 Å². The zero-order valence-corrected chi connectivity index (χ0v) is 16.4. The summed E-state index contributed by atoms with van der Waals surface area (Å²) in [5, 5.41) is 1.23. The van der Waals surface area contributed by atoms with Gasteiger partial charge in [0.25, 0.3) is 0 Å². The predicted molar refractivity (Wildman–Crippen MR) is 106 cm³/mol. The molecule has 0 saturated heterocycles. The average molecular weight is 338 g/mol. The van der Waals surface area contributed by atoms with Crippen LogP contribution in [0.1, 0.15) is 56.3 Å². The van der Waals surface area contributed by atoms with E-state index < -0.39 is 0 Å². The van der Waals surface area contributed by atoms with Gasteiger partial charge in [-0.15, -0.1) is 11.3 Å². The normalized spacial score (nSPS) is 12.8. The summed E-state index contributed by atoms with van der Waals surface area (Å²) in [6, 6.07) is 15.4. The van der Waals surface area contributed by atoms with Crippen molar-refractivity contribution in [3.63, 3.8) is 0 Å². The van der Waals surface area contributed by atoms with Crippen LogP contribution in [0.2, 0.25) is 0 Å². The maximum atomic E-state index is 4.90. The second-order valence-corrected chi connectivity index (χ2v) is 9.47. The van der Waals surface area contributed by atoms with Gasteiger partial charge in [0.05, 0.1) is 15.2 Å². The molecule has 0 aliphatic heterocycles. The van der Waals surface area contributed by atoms with Crippen LogP contribution < -0.4 is 0 Å². The summed E-state index contributed by atoms with van der Waals surface area (Å²) < 4.78 is 1.28. The van der Waals surface area contributed by atoms with Gasteiger partial charge in [-0.2, -0.15) is 0 Å². The highest BCUT2D eigenvalue weighted by Crippen LogP contribution is 2.35. The molecule has 0 fully saturated rings. The minimum atomic E-state index is 0.0327. The summed E-state index contributed by atoms with van der Waals surface area (Å²) in [5.74, 6) is 0. The highest BCUT2D eigenvalue weighted by molar-refractivity contribution is 7.18. The summed E-state index contributed by atoms with van der Waals surface area (Å²) in [6.45, 7) is 13.7. The number of hydrogen-bond acceptors (Lipinski definition) is 2. The first-order valence-electron chi connectivity index (χ1n) is 8.63. The van der Waals surface area contributed by atoms with Crippen molar-refractivity contribution in [2.24, 2.45) is 0 Å². The molecule has 3 aromatic rings. The van der Waals surface area contributed by atoms with Gasteiger partial charge >= 0.3 is 0 Å². The van der Waals surface area contributed by atoms with E-state index in [0.29, 0.717) is 0 Å². The van der Waals surface area contributed by atoms with Crippen molar-refractivity contribution in [1.82, 2.24) is 4.98 Å². The van der Waals surface area contributed by atoms with Gasteiger partial charge in [0, 0.05) is 5.41 Å². The Kier molecular flexibility index (Phi) is 4.29. The molecule has 2 heteroatoms. The zero-order valence-electron chi connectivity index (χ0n) is 15.6. The van der Waals surface area contributed by atoms with Crippen molar-refractivity contribution < 1.29 is 0 Å². The number of thiazole rings is 1. The van der Waals surface area contributed by atoms with Gasteiger partial charge < -0.3 is 0 Å². The number of hydrogen-bond donors (Lipinski definition) is 0. The van der Waals surface area contributed by atoms with Crippen molar-refractivity contribution in [3.05, 3.63) is 64.2 Å². The molecule has 0 atom stereocenters. The number of nitrogens with zero attached hydrogens (tertiary/aromatic N) is 1. The fourth-order valence-corrected chi connectivity index (χ4v) is 4.11. The third kappa shape index (κ3) is 3.39. The van der Waals surface area contributed by atoms with E-state index in [-0.39, 0.29) is 10.8 Å². The first kappa shape index (κ1) is 17.2. The number of fused-ring (bicyclic) bond motifs is 1.